The van der Waals surface area contributed by atoms with Crippen molar-refractivity contribution in [1.82, 2.24) is 10.3 Å². The Morgan fingerprint density at radius 1 is 1.32 bits per heavy atom. The highest BCUT2D eigenvalue weighted by Gasteiger charge is 2.16. The summed E-state index contributed by atoms with van der Waals surface area (Å²) in [5, 5.41) is 12.7. The van der Waals surface area contributed by atoms with Crippen molar-refractivity contribution in [3.8, 4) is 0 Å². The third-order valence-corrected chi connectivity index (χ3v) is 2.87. The van der Waals surface area contributed by atoms with Crippen LogP contribution in [0.4, 0.5) is 5.82 Å². The zero-order valence-electron chi connectivity index (χ0n) is 11.8. The van der Waals surface area contributed by atoms with Crippen LogP contribution in [0, 0.1) is 0 Å². The molecule has 0 saturated carbocycles. The molecule has 0 aliphatic heterocycles. The van der Waals surface area contributed by atoms with E-state index < -0.39 is 0 Å². The van der Waals surface area contributed by atoms with Crippen molar-refractivity contribution < 1.29 is 5.11 Å². The average molecular weight is 310 g/mol. The molecular weight excluding hydrogens is 285 g/mol. The first kappa shape index (κ1) is 20.8. The van der Waals surface area contributed by atoms with Crippen LogP contribution in [0.15, 0.2) is 12.1 Å². The summed E-state index contributed by atoms with van der Waals surface area (Å²) in [5.41, 5.74) is 7.40. The fourth-order valence-corrected chi connectivity index (χ4v) is 1.88. The standard InChI is InChI=1S/C13H23N3O.2ClH/c1-4-7-13(2,3)15-8-11-10(9-17)5-6-12(14)16-11;;/h5-6,15,17H,4,7-9H2,1-3H3,(H2,14,16);2*1H. The highest BCUT2D eigenvalue weighted by atomic mass is 35.5. The van der Waals surface area contributed by atoms with Crippen molar-refractivity contribution in [2.45, 2.75) is 52.3 Å². The fraction of sp³-hybridized carbons (Fsp3) is 0.615. The van der Waals surface area contributed by atoms with Crippen LogP contribution in [-0.2, 0) is 13.2 Å². The molecule has 1 rings (SSSR count). The van der Waals surface area contributed by atoms with Crippen molar-refractivity contribution >= 4 is 30.6 Å². The van der Waals surface area contributed by atoms with E-state index in [1.165, 1.54) is 0 Å². The van der Waals surface area contributed by atoms with Crippen molar-refractivity contribution in [3.05, 3.63) is 23.4 Å². The summed E-state index contributed by atoms with van der Waals surface area (Å²) in [4.78, 5) is 4.26. The van der Waals surface area contributed by atoms with Gasteiger partial charge >= 0.3 is 0 Å². The Bertz CT molecular complexity index is 373. The third-order valence-electron chi connectivity index (χ3n) is 2.87. The second-order valence-electron chi connectivity index (χ2n) is 4.99. The molecule has 0 radical (unpaired) electrons. The quantitative estimate of drug-likeness (QED) is 0.755. The molecule has 0 atom stereocenters. The molecule has 0 aromatic carbocycles. The molecule has 0 fully saturated rings. The summed E-state index contributed by atoms with van der Waals surface area (Å²) < 4.78 is 0. The maximum Gasteiger partial charge on any atom is 0.123 e. The second kappa shape index (κ2) is 9.37. The van der Waals surface area contributed by atoms with Crippen LogP contribution < -0.4 is 11.1 Å². The first-order valence-electron chi connectivity index (χ1n) is 6.08. The van der Waals surface area contributed by atoms with Gasteiger partial charge in [-0.05, 0) is 26.3 Å². The number of nitrogens with zero attached hydrogens (tertiary/aromatic N) is 1. The van der Waals surface area contributed by atoms with E-state index in [1.807, 2.05) is 6.07 Å². The van der Waals surface area contributed by atoms with Crippen LogP contribution in [0.5, 0.6) is 0 Å². The molecule has 0 aliphatic carbocycles. The van der Waals surface area contributed by atoms with E-state index in [0.29, 0.717) is 12.4 Å². The molecule has 19 heavy (non-hydrogen) atoms. The number of halogens is 2. The Morgan fingerprint density at radius 2 is 1.95 bits per heavy atom. The summed E-state index contributed by atoms with van der Waals surface area (Å²) in [6.45, 7) is 7.14. The normalized spacial score (nSPS) is 10.5. The van der Waals surface area contributed by atoms with E-state index in [1.54, 1.807) is 6.07 Å². The number of hydrogen-bond donors (Lipinski definition) is 3. The molecule has 0 amide bonds. The van der Waals surface area contributed by atoms with Gasteiger partial charge in [-0.1, -0.05) is 19.4 Å². The Kier molecular flexibility index (Phi) is 10.2. The van der Waals surface area contributed by atoms with Crippen molar-refractivity contribution in [3.63, 3.8) is 0 Å². The Labute approximate surface area is 128 Å². The number of aliphatic hydroxyl groups is 1. The van der Waals surface area contributed by atoms with E-state index in [9.17, 15) is 5.11 Å². The number of rotatable bonds is 6. The lowest BCUT2D eigenvalue weighted by molar-refractivity contribution is 0.278. The van der Waals surface area contributed by atoms with Crippen LogP contribution in [0.25, 0.3) is 0 Å². The van der Waals surface area contributed by atoms with Gasteiger partial charge in [0, 0.05) is 17.6 Å². The molecule has 0 spiro atoms. The number of aromatic nitrogens is 1. The SMILES string of the molecule is CCCC(C)(C)NCc1nc(N)ccc1CO.Cl.Cl. The van der Waals surface area contributed by atoms with Crippen molar-refractivity contribution in [2.75, 3.05) is 5.73 Å². The van der Waals surface area contributed by atoms with Crippen LogP contribution in [0.2, 0.25) is 0 Å². The number of nitrogens with one attached hydrogen (secondary N) is 1. The van der Waals surface area contributed by atoms with Crippen LogP contribution >= 0.6 is 24.8 Å². The summed E-state index contributed by atoms with van der Waals surface area (Å²) >= 11 is 0. The van der Waals surface area contributed by atoms with E-state index in [0.717, 1.165) is 24.1 Å². The summed E-state index contributed by atoms with van der Waals surface area (Å²) in [5.74, 6) is 0.493. The lowest BCUT2D eigenvalue weighted by atomic mass is 9.98. The molecular formula is C13H25Cl2N3O. The molecule has 6 heteroatoms. The maximum absolute atomic E-state index is 9.23. The molecule has 1 aromatic rings. The second-order valence-corrected chi connectivity index (χ2v) is 4.99. The van der Waals surface area contributed by atoms with E-state index in [2.05, 4.69) is 31.1 Å². The van der Waals surface area contributed by atoms with E-state index >= 15 is 0 Å². The van der Waals surface area contributed by atoms with E-state index in [-0.39, 0.29) is 37.0 Å². The van der Waals surface area contributed by atoms with Gasteiger partial charge in [0.25, 0.3) is 0 Å². The Balaban J connectivity index is 0. The van der Waals surface area contributed by atoms with Crippen molar-refractivity contribution in [2.24, 2.45) is 0 Å². The molecule has 1 heterocycles. The van der Waals surface area contributed by atoms with Gasteiger partial charge < -0.3 is 16.2 Å². The van der Waals surface area contributed by atoms with Gasteiger partial charge in [-0.2, -0.15) is 0 Å². The zero-order valence-corrected chi connectivity index (χ0v) is 13.4. The fourth-order valence-electron chi connectivity index (χ4n) is 1.88. The Morgan fingerprint density at radius 3 is 2.47 bits per heavy atom. The monoisotopic (exact) mass is 309 g/mol. The molecule has 0 bridgehead atoms. The molecule has 0 saturated heterocycles. The number of nitrogens with two attached hydrogens (primary N) is 1. The number of pyridine rings is 1. The van der Waals surface area contributed by atoms with Gasteiger partial charge in [0.1, 0.15) is 5.82 Å². The lowest BCUT2D eigenvalue weighted by Gasteiger charge is -2.26. The smallest absolute Gasteiger partial charge is 0.123 e. The van der Waals surface area contributed by atoms with Gasteiger partial charge in [0.05, 0.1) is 12.3 Å². The highest BCUT2D eigenvalue weighted by molar-refractivity contribution is 5.85. The number of anilines is 1. The number of nitrogen functional groups attached to an aromatic ring is 1. The van der Waals surface area contributed by atoms with Gasteiger partial charge in [-0.25, -0.2) is 4.98 Å². The molecule has 0 unspecified atom stereocenters. The Hall–Kier alpha value is -0.550. The number of hydrogen-bond acceptors (Lipinski definition) is 4. The summed E-state index contributed by atoms with van der Waals surface area (Å²) in [6.07, 6.45) is 2.24. The molecule has 0 aliphatic rings. The van der Waals surface area contributed by atoms with Crippen molar-refractivity contribution in [1.29, 1.82) is 0 Å². The molecule has 4 N–H and O–H groups in total. The van der Waals surface area contributed by atoms with Gasteiger partial charge in [0.2, 0.25) is 0 Å². The first-order chi connectivity index (χ1) is 7.98. The molecule has 112 valence electrons. The predicted molar refractivity (Wildman–Crippen MR) is 84.9 cm³/mol. The minimum Gasteiger partial charge on any atom is -0.392 e. The van der Waals surface area contributed by atoms with E-state index in [4.69, 9.17) is 5.73 Å². The topological polar surface area (TPSA) is 71.2 Å². The molecule has 1 aromatic heterocycles. The van der Waals surface area contributed by atoms with Gasteiger partial charge in [-0.15, -0.1) is 24.8 Å². The minimum absolute atomic E-state index is 0. The summed E-state index contributed by atoms with van der Waals surface area (Å²) in [6, 6.07) is 3.54. The number of aliphatic hydroxyl groups excluding tert-OH is 1. The van der Waals surface area contributed by atoms with Crippen LogP contribution in [-0.4, -0.2) is 15.6 Å². The average Bonchev–Trinajstić information content (AvgIpc) is 2.27. The van der Waals surface area contributed by atoms with Crippen LogP contribution in [0.1, 0.15) is 44.9 Å². The first-order valence-corrected chi connectivity index (χ1v) is 6.08. The lowest BCUT2D eigenvalue weighted by Crippen LogP contribution is -2.38. The third kappa shape index (κ3) is 6.97. The maximum atomic E-state index is 9.23. The van der Waals surface area contributed by atoms with Gasteiger partial charge in [-0.3, -0.25) is 0 Å². The summed E-state index contributed by atoms with van der Waals surface area (Å²) in [7, 11) is 0. The molecule has 4 nitrogen and oxygen atoms in total. The predicted octanol–water partition coefficient (Wildman–Crippen LogP) is 2.67. The highest BCUT2D eigenvalue weighted by Crippen LogP contribution is 2.14. The minimum atomic E-state index is -0.00149. The largest absolute Gasteiger partial charge is 0.392 e. The zero-order chi connectivity index (χ0) is 12.9. The van der Waals surface area contributed by atoms with Crippen LogP contribution in [0.3, 0.4) is 0 Å². The van der Waals surface area contributed by atoms with Gasteiger partial charge in [0.15, 0.2) is 0 Å².